The van der Waals surface area contributed by atoms with Crippen LogP contribution in [0.1, 0.15) is 12.6 Å². The maximum absolute atomic E-state index is 9.00. The van der Waals surface area contributed by atoms with Gasteiger partial charge in [-0.05, 0) is 12.6 Å². The molecule has 2 aromatic rings. The molecular weight excluding hydrogens is 214 g/mol. The maximum atomic E-state index is 9.00. The van der Waals surface area contributed by atoms with Gasteiger partial charge >= 0.3 is 0 Å². The SMILES string of the molecule is CCN(CCO)Cc1nn(C)c2ccccc12. The van der Waals surface area contributed by atoms with Gasteiger partial charge in [0.2, 0.25) is 0 Å². The van der Waals surface area contributed by atoms with Gasteiger partial charge in [0.25, 0.3) is 0 Å². The zero-order chi connectivity index (χ0) is 12.3. The quantitative estimate of drug-likeness (QED) is 0.848. The van der Waals surface area contributed by atoms with Gasteiger partial charge in [-0.25, -0.2) is 0 Å². The lowest BCUT2D eigenvalue weighted by Crippen LogP contribution is -2.26. The van der Waals surface area contributed by atoms with Crippen molar-refractivity contribution in [3.63, 3.8) is 0 Å². The minimum absolute atomic E-state index is 0.193. The van der Waals surface area contributed by atoms with Crippen LogP contribution in [0.5, 0.6) is 0 Å². The van der Waals surface area contributed by atoms with Crippen molar-refractivity contribution in [1.82, 2.24) is 14.7 Å². The molecule has 0 aliphatic carbocycles. The number of aromatic nitrogens is 2. The van der Waals surface area contributed by atoms with Crippen LogP contribution in [0, 0.1) is 0 Å². The average Bonchev–Trinajstić information content (AvgIpc) is 2.66. The van der Waals surface area contributed by atoms with Crippen LogP contribution in [0.3, 0.4) is 0 Å². The molecule has 1 N–H and O–H groups in total. The third-order valence-electron chi connectivity index (χ3n) is 3.07. The van der Waals surface area contributed by atoms with Gasteiger partial charge in [-0.3, -0.25) is 9.58 Å². The van der Waals surface area contributed by atoms with Gasteiger partial charge in [0.15, 0.2) is 0 Å². The van der Waals surface area contributed by atoms with Gasteiger partial charge < -0.3 is 5.11 Å². The lowest BCUT2D eigenvalue weighted by molar-refractivity contribution is 0.195. The third-order valence-corrected chi connectivity index (χ3v) is 3.07. The van der Waals surface area contributed by atoms with Crippen molar-refractivity contribution < 1.29 is 5.11 Å². The summed E-state index contributed by atoms with van der Waals surface area (Å²) in [7, 11) is 1.97. The first-order chi connectivity index (χ1) is 8.26. The Hall–Kier alpha value is -1.39. The fraction of sp³-hybridized carbons (Fsp3) is 0.462. The fourth-order valence-corrected chi connectivity index (χ4v) is 2.11. The Balaban J connectivity index is 2.29. The number of hydrogen-bond donors (Lipinski definition) is 1. The van der Waals surface area contributed by atoms with Crippen molar-refractivity contribution in [2.75, 3.05) is 19.7 Å². The first-order valence-electron chi connectivity index (χ1n) is 6.00. The Morgan fingerprint density at radius 3 is 2.82 bits per heavy atom. The van der Waals surface area contributed by atoms with E-state index >= 15 is 0 Å². The molecule has 17 heavy (non-hydrogen) atoms. The summed E-state index contributed by atoms with van der Waals surface area (Å²) in [5.74, 6) is 0. The van der Waals surface area contributed by atoms with E-state index < -0.39 is 0 Å². The van der Waals surface area contributed by atoms with E-state index in [1.54, 1.807) is 0 Å². The van der Waals surface area contributed by atoms with Gasteiger partial charge in [-0.1, -0.05) is 25.1 Å². The van der Waals surface area contributed by atoms with Gasteiger partial charge in [0.1, 0.15) is 0 Å². The molecule has 0 atom stereocenters. The summed E-state index contributed by atoms with van der Waals surface area (Å²) in [6.45, 7) is 4.70. The number of aliphatic hydroxyl groups excluding tert-OH is 1. The van der Waals surface area contributed by atoms with Crippen LogP contribution < -0.4 is 0 Å². The monoisotopic (exact) mass is 233 g/mol. The Morgan fingerprint density at radius 1 is 1.35 bits per heavy atom. The molecule has 1 aromatic carbocycles. The molecule has 0 amide bonds. The predicted molar refractivity (Wildman–Crippen MR) is 68.8 cm³/mol. The molecule has 0 bridgehead atoms. The zero-order valence-electron chi connectivity index (χ0n) is 10.4. The second kappa shape index (κ2) is 5.29. The number of fused-ring (bicyclic) bond motifs is 1. The van der Waals surface area contributed by atoms with Crippen LogP contribution in [-0.2, 0) is 13.6 Å². The zero-order valence-corrected chi connectivity index (χ0v) is 10.4. The molecular formula is C13H19N3O. The minimum Gasteiger partial charge on any atom is -0.395 e. The molecule has 0 unspecified atom stereocenters. The summed E-state index contributed by atoms with van der Waals surface area (Å²) in [6, 6.07) is 8.24. The van der Waals surface area contributed by atoms with Crippen molar-refractivity contribution in [2.24, 2.45) is 7.05 Å². The highest BCUT2D eigenvalue weighted by Crippen LogP contribution is 2.18. The second-order valence-corrected chi connectivity index (χ2v) is 4.18. The Morgan fingerprint density at radius 2 is 2.12 bits per heavy atom. The lowest BCUT2D eigenvalue weighted by atomic mass is 10.2. The number of benzene rings is 1. The number of aliphatic hydroxyl groups is 1. The standard InChI is InChI=1S/C13H19N3O/c1-3-16(8-9-17)10-12-11-6-4-5-7-13(11)15(2)14-12/h4-7,17H,3,8-10H2,1-2H3. The smallest absolute Gasteiger partial charge is 0.0843 e. The average molecular weight is 233 g/mol. The number of hydrogen-bond acceptors (Lipinski definition) is 3. The highest BCUT2D eigenvalue weighted by Gasteiger charge is 2.10. The number of rotatable bonds is 5. The Kier molecular flexibility index (Phi) is 3.76. The molecule has 1 aromatic heterocycles. The highest BCUT2D eigenvalue weighted by molar-refractivity contribution is 5.81. The molecule has 0 radical (unpaired) electrons. The molecule has 4 nitrogen and oxygen atoms in total. The van der Waals surface area contributed by atoms with Crippen molar-refractivity contribution in [1.29, 1.82) is 0 Å². The van der Waals surface area contributed by atoms with E-state index in [1.807, 2.05) is 23.9 Å². The Labute approximate surface area is 101 Å². The topological polar surface area (TPSA) is 41.3 Å². The van der Waals surface area contributed by atoms with Crippen LogP contribution in [0.25, 0.3) is 10.9 Å². The van der Waals surface area contributed by atoms with Gasteiger partial charge in [-0.15, -0.1) is 0 Å². The molecule has 0 saturated heterocycles. The van der Waals surface area contributed by atoms with E-state index in [2.05, 4.69) is 29.1 Å². The molecule has 4 heteroatoms. The molecule has 0 spiro atoms. The van der Waals surface area contributed by atoms with Crippen molar-refractivity contribution in [3.8, 4) is 0 Å². The predicted octanol–water partition coefficient (Wildman–Crippen LogP) is 1.39. The fourth-order valence-electron chi connectivity index (χ4n) is 2.11. The molecule has 0 saturated carbocycles. The number of nitrogens with zero attached hydrogens (tertiary/aromatic N) is 3. The maximum Gasteiger partial charge on any atom is 0.0843 e. The summed E-state index contributed by atoms with van der Waals surface area (Å²) >= 11 is 0. The van der Waals surface area contributed by atoms with Gasteiger partial charge in [0, 0.05) is 25.5 Å². The second-order valence-electron chi connectivity index (χ2n) is 4.18. The summed E-state index contributed by atoms with van der Waals surface area (Å²) in [5.41, 5.74) is 2.24. The van der Waals surface area contributed by atoms with Crippen LogP contribution in [0.15, 0.2) is 24.3 Å². The van der Waals surface area contributed by atoms with Crippen molar-refractivity contribution in [3.05, 3.63) is 30.0 Å². The van der Waals surface area contributed by atoms with E-state index in [0.29, 0.717) is 6.54 Å². The molecule has 1 heterocycles. The number of likely N-dealkylation sites (N-methyl/N-ethyl adjacent to an activating group) is 1. The highest BCUT2D eigenvalue weighted by atomic mass is 16.3. The summed E-state index contributed by atoms with van der Waals surface area (Å²) < 4.78 is 1.91. The summed E-state index contributed by atoms with van der Waals surface area (Å²) in [4.78, 5) is 2.19. The number of aryl methyl sites for hydroxylation is 1. The van der Waals surface area contributed by atoms with Crippen LogP contribution in [0.2, 0.25) is 0 Å². The first-order valence-corrected chi connectivity index (χ1v) is 6.00. The lowest BCUT2D eigenvalue weighted by Gasteiger charge is -2.17. The van der Waals surface area contributed by atoms with Crippen LogP contribution >= 0.6 is 0 Å². The van der Waals surface area contributed by atoms with Crippen LogP contribution in [-0.4, -0.2) is 39.5 Å². The summed E-state index contributed by atoms with van der Waals surface area (Å²) in [5, 5.41) is 14.8. The number of para-hydroxylation sites is 1. The Bertz CT molecular complexity index is 492. The first kappa shape index (κ1) is 12.1. The molecule has 0 aliphatic heterocycles. The van der Waals surface area contributed by atoms with Gasteiger partial charge in [0.05, 0.1) is 17.8 Å². The van der Waals surface area contributed by atoms with E-state index in [0.717, 1.165) is 24.3 Å². The minimum atomic E-state index is 0.193. The van der Waals surface area contributed by atoms with E-state index in [-0.39, 0.29) is 6.61 Å². The van der Waals surface area contributed by atoms with Crippen molar-refractivity contribution >= 4 is 10.9 Å². The largest absolute Gasteiger partial charge is 0.395 e. The third kappa shape index (κ3) is 2.48. The summed E-state index contributed by atoms with van der Waals surface area (Å²) in [6.07, 6.45) is 0. The normalized spacial score (nSPS) is 11.5. The van der Waals surface area contributed by atoms with E-state index in [9.17, 15) is 0 Å². The van der Waals surface area contributed by atoms with Crippen molar-refractivity contribution in [2.45, 2.75) is 13.5 Å². The van der Waals surface area contributed by atoms with E-state index in [1.165, 1.54) is 5.39 Å². The molecule has 0 aliphatic rings. The van der Waals surface area contributed by atoms with Gasteiger partial charge in [-0.2, -0.15) is 5.10 Å². The molecule has 2 rings (SSSR count). The van der Waals surface area contributed by atoms with Crippen LogP contribution in [0.4, 0.5) is 0 Å². The molecule has 0 fully saturated rings. The van der Waals surface area contributed by atoms with E-state index in [4.69, 9.17) is 5.11 Å². The molecule has 92 valence electrons.